The van der Waals surface area contributed by atoms with E-state index in [1.165, 1.54) is 23.4 Å². The second-order valence-electron chi connectivity index (χ2n) is 6.01. The Morgan fingerprint density at radius 3 is 2.36 bits per heavy atom. The molecule has 1 aliphatic rings. The molecule has 6 heteroatoms. The molecule has 0 bridgehead atoms. The lowest BCUT2D eigenvalue weighted by Gasteiger charge is -2.34. The van der Waals surface area contributed by atoms with Gasteiger partial charge in [0.25, 0.3) is 0 Å². The average Bonchev–Trinajstić information content (AvgIpc) is 2.64. The van der Waals surface area contributed by atoms with Gasteiger partial charge in [0.15, 0.2) is 11.6 Å². The van der Waals surface area contributed by atoms with Gasteiger partial charge < -0.3 is 4.90 Å². The molecule has 1 heterocycles. The highest BCUT2D eigenvalue weighted by atomic mass is 32.2. The van der Waals surface area contributed by atoms with Crippen molar-refractivity contribution in [2.24, 2.45) is 0 Å². The molecule has 0 atom stereocenters. The Morgan fingerprint density at radius 1 is 0.960 bits per heavy atom. The zero-order valence-corrected chi connectivity index (χ0v) is 14.6. The van der Waals surface area contributed by atoms with Gasteiger partial charge in [0.05, 0.1) is 5.75 Å². The molecule has 0 aliphatic carbocycles. The third-order valence-electron chi connectivity index (χ3n) is 4.23. The number of thioether (sulfide) groups is 1. The first-order valence-corrected chi connectivity index (χ1v) is 9.22. The Kier molecular flexibility index (Phi) is 6.04. The smallest absolute Gasteiger partial charge is 0.233 e. The van der Waals surface area contributed by atoms with Crippen molar-refractivity contribution in [3.8, 4) is 0 Å². The molecule has 2 aromatic carbocycles. The van der Waals surface area contributed by atoms with Gasteiger partial charge in [-0.05, 0) is 23.8 Å². The summed E-state index contributed by atoms with van der Waals surface area (Å²) >= 11 is 1.24. The fourth-order valence-electron chi connectivity index (χ4n) is 2.80. The largest absolute Gasteiger partial charge is 0.339 e. The highest BCUT2D eigenvalue weighted by Gasteiger charge is 2.21. The molecule has 1 amide bonds. The molecule has 0 aromatic heterocycles. The van der Waals surface area contributed by atoms with Gasteiger partial charge in [0.2, 0.25) is 5.91 Å². The molecule has 132 valence electrons. The quantitative estimate of drug-likeness (QED) is 0.762. The number of nitrogens with zero attached hydrogens (tertiary/aromatic N) is 2. The summed E-state index contributed by atoms with van der Waals surface area (Å²) in [4.78, 5) is 17.0. The Morgan fingerprint density at radius 2 is 1.68 bits per heavy atom. The summed E-state index contributed by atoms with van der Waals surface area (Å²) < 4.78 is 26.1. The zero-order valence-electron chi connectivity index (χ0n) is 13.8. The van der Waals surface area contributed by atoms with Crippen molar-refractivity contribution in [3.05, 3.63) is 65.7 Å². The van der Waals surface area contributed by atoms with E-state index in [2.05, 4.69) is 17.0 Å². The molecule has 1 aliphatic heterocycles. The highest BCUT2D eigenvalue weighted by Crippen LogP contribution is 2.21. The Bertz CT molecular complexity index is 719. The van der Waals surface area contributed by atoms with E-state index in [1.807, 2.05) is 23.1 Å². The Balaban J connectivity index is 1.44. The number of halogens is 2. The van der Waals surface area contributed by atoms with Gasteiger partial charge in [-0.15, -0.1) is 11.8 Å². The normalized spacial score (nSPS) is 15.4. The van der Waals surface area contributed by atoms with Crippen molar-refractivity contribution < 1.29 is 13.6 Å². The minimum Gasteiger partial charge on any atom is -0.339 e. The molecular formula is C19H20F2N2OS. The third-order valence-corrected chi connectivity index (χ3v) is 5.21. The predicted molar refractivity (Wildman–Crippen MR) is 95.4 cm³/mol. The van der Waals surface area contributed by atoms with Crippen LogP contribution in [0.25, 0.3) is 0 Å². The number of hydrogen-bond donors (Lipinski definition) is 0. The molecule has 1 fully saturated rings. The highest BCUT2D eigenvalue weighted by molar-refractivity contribution is 8.00. The van der Waals surface area contributed by atoms with E-state index in [0.717, 1.165) is 31.8 Å². The number of rotatable bonds is 5. The molecule has 3 nitrogen and oxygen atoms in total. The van der Waals surface area contributed by atoms with Gasteiger partial charge in [0.1, 0.15) is 0 Å². The first-order valence-electron chi connectivity index (χ1n) is 8.24. The maximum atomic E-state index is 13.2. The van der Waals surface area contributed by atoms with E-state index in [4.69, 9.17) is 0 Å². The topological polar surface area (TPSA) is 23.6 Å². The first-order chi connectivity index (χ1) is 12.1. The summed E-state index contributed by atoms with van der Waals surface area (Å²) in [6, 6.07) is 14.0. The van der Waals surface area contributed by atoms with Crippen molar-refractivity contribution in [3.63, 3.8) is 0 Å². The van der Waals surface area contributed by atoms with E-state index in [1.54, 1.807) is 0 Å². The van der Waals surface area contributed by atoms with Crippen LogP contribution in [0.15, 0.2) is 53.4 Å². The molecule has 2 aromatic rings. The average molecular weight is 362 g/mol. The Labute approximate surface area is 150 Å². The summed E-state index contributed by atoms with van der Waals surface area (Å²) in [7, 11) is 0. The van der Waals surface area contributed by atoms with Crippen LogP contribution >= 0.6 is 11.8 Å². The van der Waals surface area contributed by atoms with Crippen LogP contribution in [0, 0.1) is 11.6 Å². The minimum absolute atomic E-state index is 0.0362. The number of piperazine rings is 1. The van der Waals surface area contributed by atoms with Gasteiger partial charge in [-0.1, -0.05) is 30.3 Å². The molecule has 0 radical (unpaired) electrons. The van der Waals surface area contributed by atoms with Crippen molar-refractivity contribution in [1.29, 1.82) is 0 Å². The van der Waals surface area contributed by atoms with Gasteiger partial charge in [-0.2, -0.15) is 0 Å². The van der Waals surface area contributed by atoms with Crippen LogP contribution in [0.3, 0.4) is 0 Å². The van der Waals surface area contributed by atoms with E-state index in [-0.39, 0.29) is 11.7 Å². The number of carbonyl (C=O) groups is 1. The number of hydrogen-bond acceptors (Lipinski definition) is 3. The second-order valence-corrected chi connectivity index (χ2v) is 7.06. The van der Waals surface area contributed by atoms with E-state index in [0.29, 0.717) is 18.0 Å². The predicted octanol–water partition coefficient (Wildman–Crippen LogP) is 3.40. The minimum atomic E-state index is -0.882. The lowest BCUT2D eigenvalue weighted by atomic mass is 10.2. The second kappa shape index (κ2) is 8.45. The zero-order chi connectivity index (χ0) is 17.6. The van der Waals surface area contributed by atoms with Crippen LogP contribution in [-0.4, -0.2) is 47.6 Å². The van der Waals surface area contributed by atoms with Crippen LogP contribution in [0.5, 0.6) is 0 Å². The van der Waals surface area contributed by atoms with Crippen molar-refractivity contribution in [1.82, 2.24) is 9.80 Å². The summed E-state index contributed by atoms with van der Waals surface area (Å²) in [5.41, 5.74) is 1.27. The van der Waals surface area contributed by atoms with E-state index < -0.39 is 11.6 Å². The first kappa shape index (κ1) is 17.9. The molecule has 0 spiro atoms. The maximum absolute atomic E-state index is 13.2. The van der Waals surface area contributed by atoms with Gasteiger partial charge in [-0.3, -0.25) is 9.69 Å². The van der Waals surface area contributed by atoms with Crippen molar-refractivity contribution in [2.75, 3.05) is 31.9 Å². The fraction of sp³-hybridized carbons (Fsp3) is 0.316. The molecule has 25 heavy (non-hydrogen) atoms. The molecule has 0 saturated carbocycles. The van der Waals surface area contributed by atoms with Gasteiger partial charge in [-0.25, -0.2) is 8.78 Å². The van der Waals surface area contributed by atoms with Crippen LogP contribution in [0.2, 0.25) is 0 Å². The molecular weight excluding hydrogens is 342 g/mol. The van der Waals surface area contributed by atoms with Crippen molar-refractivity contribution in [2.45, 2.75) is 11.4 Å². The third kappa shape index (κ3) is 5.03. The van der Waals surface area contributed by atoms with E-state index >= 15 is 0 Å². The lowest BCUT2D eigenvalue weighted by molar-refractivity contribution is -0.130. The molecule has 1 saturated heterocycles. The summed E-state index contributed by atoms with van der Waals surface area (Å²) in [5, 5.41) is 0. The number of benzene rings is 2. The molecule has 0 N–H and O–H groups in total. The van der Waals surface area contributed by atoms with Crippen LogP contribution in [0.4, 0.5) is 8.78 Å². The summed E-state index contributed by atoms with van der Waals surface area (Å²) in [5.74, 6) is -1.48. The summed E-state index contributed by atoms with van der Waals surface area (Å²) in [6.45, 7) is 3.98. The number of amides is 1. The fourth-order valence-corrected chi connectivity index (χ4v) is 3.62. The maximum Gasteiger partial charge on any atom is 0.233 e. The van der Waals surface area contributed by atoms with Crippen molar-refractivity contribution >= 4 is 17.7 Å². The standard InChI is InChI=1S/C19H20F2N2OS/c20-17-7-6-16(12-18(17)21)25-14-19(24)23-10-8-22(9-11-23)13-15-4-2-1-3-5-15/h1-7,12H,8-11,13-14H2. The van der Waals surface area contributed by atoms with Crippen LogP contribution < -0.4 is 0 Å². The lowest BCUT2D eigenvalue weighted by Crippen LogP contribution is -2.48. The number of carbonyl (C=O) groups excluding carboxylic acids is 1. The summed E-state index contributed by atoms with van der Waals surface area (Å²) in [6.07, 6.45) is 0. The Hall–Kier alpha value is -1.92. The van der Waals surface area contributed by atoms with Crippen LogP contribution in [0.1, 0.15) is 5.56 Å². The molecule has 0 unspecified atom stereocenters. The van der Waals surface area contributed by atoms with E-state index in [9.17, 15) is 13.6 Å². The van der Waals surface area contributed by atoms with Gasteiger partial charge in [0, 0.05) is 37.6 Å². The molecule has 3 rings (SSSR count). The monoisotopic (exact) mass is 362 g/mol. The van der Waals surface area contributed by atoms with Gasteiger partial charge >= 0.3 is 0 Å². The SMILES string of the molecule is O=C(CSc1ccc(F)c(F)c1)N1CCN(Cc2ccccc2)CC1. The van der Waals surface area contributed by atoms with Crippen LogP contribution in [-0.2, 0) is 11.3 Å².